The van der Waals surface area contributed by atoms with Crippen molar-refractivity contribution in [3.05, 3.63) is 23.5 Å². The molecule has 1 saturated carbocycles. The summed E-state index contributed by atoms with van der Waals surface area (Å²) in [6.45, 7) is 4.13. The van der Waals surface area contributed by atoms with Crippen LogP contribution in [0, 0.1) is 6.92 Å². The fourth-order valence-corrected chi connectivity index (χ4v) is 4.23. The van der Waals surface area contributed by atoms with Gasteiger partial charge >= 0.3 is 6.03 Å². The summed E-state index contributed by atoms with van der Waals surface area (Å²) in [6, 6.07) is 2.18. The lowest BCUT2D eigenvalue weighted by Gasteiger charge is -2.36. The van der Waals surface area contributed by atoms with Crippen LogP contribution >= 0.6 is 0 Å². The van der Waals surface area contributed by atoms with E-state index in [0.717, 1.165) is 29.6 Å². The van der Waals surface area contributed by atoms with Crippen molar-refractivity contribution in [2.45, 2.75) is 45.1 Å². The van der Waals surface area contributed by atoms with E-state index >= 15 is 0 Å². The van der Waals surface area contributed by atoms with Gasteiger partial charge in [0.1, 0.15) is 0 Å². The molecule has 0 bridgehead atoms. The molecule has 2 fully saturated rings. The maximum Gasteiger partial charge on any atom is 0.317 e. The number of aromatic nitrogens is 3. The van der Waals surface area contributed by atoms with Gasteiger partial charge in [-0.2, -0.15) is 5.10 Å². The first-order valence-corrected chi connectivity index (χ1v) is 10.2. The van der Waals surface area contributed by atoms with E-state index in [-0.39, 0.29) is 11.9 Å². The third-order valence-corrected chi connectivity index (χ3v) is 5.90. The van der Waals surface area contributed by atoms with Gasteiger partial charge in [0.25, 0.3) is 5.91 Å². The summed E-state index contributed by atoms with van der Waals surface area (Å²) in [4.78, 5) is 33.4. The molecule has 28 heavy (non-hydrogen) atoms. The number of piperazine rings is 1. The van der Waals surface area contributed by atoms with E-state index in [9.17, 15) is 9.59 Å². The molecule has 8 nitrogen and oxygen atoms in total. The number of carbonyl (C=O) groups excluding carboxylic acids is 2. The summed E-state index contributed by atoms with van der Waals surface area (Å²) in [5.41, 5.74) is 2.21. The van der Waals surface area contributed by atoms with Crippen LogP contribution in [0.1, 0.15) is 48.2 Å². The van der Waals surface area contributed by atoms with Gasteiger partial charge in [0.2, 0.25) is 0 Å². The zero-order valence-electron chi connectivity index (χ0n) is 16.6. The van der Waals surface area contributed by atoms with Crippen LogP contribution in [0.3, 0.4) is 0 Å². The Kier molecular flexibility index (Phi) is 5.19. The summed E-state index contributed by atoms with van der Waals surface area (Å²) in [5, 5.41) is 8.42. The Balaban J connectivity index is 1.36. The fourth-order valence-electron chi connectivity index (χ4n) is 4.23. The molecular formula is C20H28N6O2. The summed E-state index contributed by atoms with van der Waals surface area (Å²) in [6.07, 6.45) is 7.44. The van der Waals surface area contributed by atoms with E-state index in [4.69, 9.17) is 0 Å². The number of urea groups is 1. The van der Waals surface area contributed by atoms with Crippen molar-refractivity contribution in [3.63, 3.8) is 0 Å². The van der Waals surface area contributed by atoms with Gasteiger partial charge in [-0.05, 0) is 25.8 Å². The number of rotatable bonds is 2. The Morgan fingerprint density at radius 2 is 1.75 bits per heavy atom. The van der Waals surface area contributed by atoms with Gasteiger partial charge in [0.15, 0.2) is 5.65 Å². The van der Waals surface area contributed by atoms with E-state index in [1.807, 2.05) is 24.9 Å². The lowest BCUT2D eigenvalue weighted by atomic mass is 9.96. The highest BCUT2D eigenvalue weighted by Gasteiger charge is 2.27. The number of nitrogens with zero attached hydrogens (tertiary/aromatic N) is 5. The maximum absolute atomic E-state index is 12.9. The molecule has 1 N–H and O–H groups in total. The second-order valence-corrected chi connectivity index (χ2v) is 7.87. The van der Waals surface area contributed by atoms with Crippen LogP contribution in [0.5, 0.6) is 0 Å². The molecule has 1 aliphatic carbocycles. The SMILES string of the molecule is Cc1nn(C)c2ncc(C(=O)N3CCN(C(=O)NC4CCCCC4)CC3)cc12. The predicted molar refractivity (Wildman–Crippen MR) is 106 cm³/mol. The first-order valence-electron chi connectivity index (χ1n) is 10.2. The van der Waals surface area contributed by atoms with Crippen LogP contribution in [0.15, 0.2) is 12.3 Å². The van der Waals surface area contributed by atoms with Crippen molar-refractivity contribution >= 4 is 23.0 Å². The fraction of sp³-hybridized carbons (Fsp3) is 0.600. The second kappa shape index (κ2) is 7.77. The molecule has 0 radical (unpaired) electrons. The number of carbonyl (C=O) groups is 2. The third kappa shape index (κ3) is 3.68. The number of hydrogen-bond donors (Lipinski definition) is 1. The number of fused-ring (bicyclic) bond motifs is 1. The van der Waals surface area contributed by atoms with Crippen molar-refractivity contribution in [1.82, 2.24) is 29.9 Å². The smallest absolute Gasteiger partial charge is 0.317 e. The van der Waals surface area contributed by atoms with E-state index in [1.165, 1.54) is 19.3 Å². The third-order valence-electron chi connectivity index (χ3n) is 5.90. The minimum Gasteiger partial charge on any atom is -0.335 e. The number of nitrogens with one attached hydrogen (secondary N) is 1. The van der Waals surface area contributed by atoms with E-state index in [0.29, 0.717) is 37.8 Å². The van der Waals surface area contributed by atoms with E-state index in [1.54, 1.807) is 15.8 Å². The van der Waals surface area contributed by atoms with Gasteiger partial charge in [-0.15, -0.1) is 0 Å². The molecule has 8 heteroatoms. The largest absolute Gasteiger partial charge is 0.335 e. The number of hydrogen-bond acceptors (Lipinski definition) is 4. The molecule has 0 aromatic carbocycles. The molecule has 2 aromatic rings. The zero-order valence-corrected chi connectivity index (χ0v) is 16.6. The average molecular weight is 384 g/mol. The molecule has 3 amide bonds. The van der Waals surface area contributed by atoms with Crippen LogP contribution < -0.4 is 5.32 Å². The minimum atomic E-state index is -0.0370. The first-order chi connectivity index (χ1) is 13.5. The standard InChI is InChI=1S/C20H28N6O2/c1-14-17-12-15(13-21-18(17)24(2)23-14)19(27)25-8-10-26(11-9-25)20(28)22-16-6-4-3-5-7-16/h12-13,16H,3-11H2,1-2H3,(H,22,28). The monoisotopic (exact) mass is 384 g/mol. The molecular weight excluding hydrogens is 356 g/mol. The Hall–Kier alpha value is -2.64. The summed E-state index contributed by atoms with van der Waals surface area (Å²) < 4.78 is 1.72. The van der Waals surface area contributed by atoms with Gasteiger partial charge in [-0.1, -0.05) is 19.3 Å². The molecule has 0 spiro atoms. The molecule has 4 rings (SSSR count). The van der Waals surface area contributed by atoms with Crippen LogP contribution in [-0.4, -0.2) is 68.7 Å². The summed E-state index contributed by atoms with van der Waals surface area (Å²) in [5.74, 6) is -0.0370. The quantitative estimate of drug-likeness (QED) is 0.859. The van der Waals surface area contributed by atoms with E-state index < -0.39 is 0 Å². The summed E-state index contributed by atoms with van der Waals surface area (Å²) in [7, 11) is 1.85. The normalized spacial score (nSPS) is 18.5. The van der Waals surface area contributed by atoms with Gasteiger partial charge in [0.05, 0.1) is 11.3 Å². The molecule has 1 saturated heterocycles. The molecule has 0 unspecified atom stereocenters. The van der Waals surface area contributed by atoms with Gasteiger partial charge in [-0.3, -0.25) is 9.48 Å². The zero-order chi connectivity index (χ0) is 19.7. The van der Waals surface area contributed by atoms with Crippen LogP contribution in [-0.2, 0) is 7.05 Å². The minimum absolute atomic E-state index is 0.00747. The lowest BCUT2D eigenvalue weighted by Crippen LogP contribution is -2.54. The van der Waals surface area contributed by atoms with Crippen LogP contribution in [0.2, 0.25) is 0 Å². The van der Waals surface area contributed by atoms with E-state index in [2.05, 4.69) is 15.4 Å². The Labute approximate surface area is 164 Å². The van der Waals surface area contributed by atoms with Crippen molar-refractivity contribution in [2.75, 3.05) is 26.2 Å². The van der Waals surface area contributed by atoms with Crippen LogP contribution in [0.4, 0.5) is 4.79 Å². The van der Waals surface area contributed by atoms with Gasteiger partial charge in [-0.25, -0.2) is 9.78 Å². The summed E-state index contributed by atoms with van der Waals surface area (Å²) >= 11 is 0. The molecule has 2 aromatic heterocycles. The Morgan fingerprint density at radius 1 is 1.07 bits per heavy atom. The predicted octanol–water partition coefficient (Wildman–Crippen LogP) is 2.08. The number of amides is 3. The second-order valence-electron chi connectivity index (χ2n) is 7.87. The molecule has 1 aliphatic heterocycles. The van der Waals surface area contributed by atoms with Crippen LogP contribution in [0.25, 0.3) is 11.0 Å². The maximum atomic E-state index is 12.9. The number of pyridine rings is 1. The van der Waals surface area contributed by atoms with Crippen molar-refractivity contribution in [2.24, 2.45) is 7.05 Å². The Bertz CT molecular complexity index is 878. The van der Waals surface area contributed by atoms with Crippen molar-refractivity contribution < 1.29 is 9.59 Å². The van der Waals surface area contributed by atoms with Gasteiger partial charge < -0.3 is 15.1 Å². The van der Waals surface area contributed by atoms with Gasteiger partial charge in [0, 0.05) is 50.9 Å². The average Bonchev–Trinajstić information content (AvgIpc) is 3.01. The molecule has 0 atom stereocenters. The van der Waals surface area contributed by atoms with Crippen molar-refractivity contribution in [3.8, 4) is 0 Å². The molecule has 3 heterocycles. The Morgan fingerprint density at radius 3 is 2.46 bits per heavy atom. The molecule has 150 valence electrons. The van der Waals surface area contributed by atoms with Crippen molar-refractivity contribution in [1.29, 1.82) is 0 Å². The first kappa shape index (κ1) is 18.7. The lowest BCUT2D eigenvalue weighted by molar-refractivity contribution is 0.0662. The highest BCUT2D eigenvalue weighted by Crippen LogP contribution is 2.19. The topological polar surface area (TPSA) is 83.4 Å². The highest BCUT2D eigenvalue weighted by atomic mass is 16.2. The highest BCUT2D eigenvalue weighted by molar-refractivity contribution is 5.97. The molecule has 2 aliphatic rings. The number of aryl methyl sites for hydroxylation is 2.